The van der Waals surface area contributed by atoms with Crippen molar-refractivity contribution in [1.29, 1.82) is 0 Å². The lowest BCUT2D eigenvalue weighted by atomic mass is 10.1. The van der Waals surface area contributed by atoms with Gasteiger partial charge in [0, 0.05) is 41.8 Å². The highest BCUT2D eigenvalue weighted by atomic mass is 79.9. The minimum atomic E-state index is -0.295. The van der Waals surface area contributed by atoms with E-state index in [2.05, 4.69) is 31.2 Å². The lowest BCUT2D eigenvalue weighted by Gasteiger charge is -2.13. The first-order chi connectivity index (χ1) is 15.6. The summed E-state index contributed by atoms with van der Waals surface area (Å²) in [6.45, 7) is 5.33. The standard InChI is InChI=1S/C22H21BrN4O3.C2H6/c1-24-18-7-4-13(12-25-18)19-21-20(16-11-14(23)5-6-17(16)30-21)27(22(28)26-19)9-8-15-3-2-10-29-15;1-2/h4-7,11-12,15H,2-3,8-10H2,1H3,(H,24,25);1-2H3. The van der Waals surface area contributed by atoms with E-state index in [4.69, 9.17) is 9.15 Å². The zero-order valence-corrected chi connectivity index (χ0v) is 20.1. The van der Waals surface area contributed by atoms with E-state index in [1.165, 1.54) is 0 Å². The van der Waals surface area contributed by atoms with Crippen molar-refractivity contribution >= 4 is 43.8 Å². The second kappa shape index (κ2) is 9.83. The van der Waals surface area contributed by atoms with Gasteiger partial charge in [0.05, 0.1) is 6.10 Å². The van der Waals surface area contributed by atoms with Gasteiger partial charge < -0.3 is 14.5 Å². The molecule has 1 saturated heterocycles. The summed E-state index contributed by atoms with van der Waals surface area (Å²) in [7, 11) is 1.81. The van der Waals surface area contributed by atoms with Crippen LogP contribution in [0.4, 0.5) is 5.82 Å². The Morgan fingerprint density at radius 3 is 2.78 bits per heavy atom. The summed E-state index contributed by atoms with van der Waals surface area (Å²) in [5.41, 5.74) is 3.01. The lowest BCUT2D eigenvalue weighted by molar-refractivity contribution is 0.100. The van der Waals surface area contributed by atoms with E-state index in [9.17, 15) is 4.79 Å². The predicted octanol–water partition coefficient (Wildman–Crippen LogP) is 5.60. The van der Waals surface area contributed by atoms with Crippen LogP contribution in [0.1, 0.15) is 33.1 Å². The van der Waals surface area contributed by atoms with Gasteiger partial charge in [0.2, 0.25) is 0 Å². The van der Waals surface area contributed by atoms with Gasteiger partial charge in [-0.3, -0.25) is 4.57 Å². The van der Waals surface area contributed by atoms with Crippen molar-refractivity contribution in [2.75, 3.05) is 19.0 Å². The van der Waals surface area contributed by atoms with Crippen molar-refractivity contribution in [3.63, 3.8) is 0 Å². The summed E-state index contributed by atoms with van der Waals surface area (Å²) in [4.78, 5) is 21.9. The Morgan fingerprint density at radius 2 is 2.09 bits per heavy atom. The summed E-state index contributed by atoms with van der Waals surface area (Å²) in [6.07, 6.45) is 4.77. The van der Waals surface area contributed by atoms with Crippen LogP contribution in [0.25, 0.3) is 33.3 Å². The molecule has 0 aliphatic carbocycles. The van der Waals surface area contributed by atoms with Crippen LogP contribution in [-0.2, 0) is 11.3 Å². The highest BCUT2D eigenvalue weighted by Gasteiger charge is 2.22. The number of ether oxygens (including phenoxy) is 1. The van der Waals surface area contributed by atoms with E-state index in [-0.39, 0.29) is 11.8 Å². The number of hydrogen-bond acceptors (Lipinski definition) is 6. The van der Waals surface area contributed by atoms with Gasteiger partial charge in [0.1, 0.15) is 22.6 Å². The third kappa shape index (κ3) is 4.29. The maximum atomic E-state index is 13.1. The van der Waals surface area contributed by atoms with Crippen molar-refractivity contribution in [2.24, 2.45) is 0 Å². The number of halogens is 1. The van der Waals surface area contributed by atoms with E-state index in [0.717, 1.165) is 52.6 Å². The first-order valence-corrected chi connectivity index (χ1v) is 11.8. The Labute approximate surface area is 194 Å². The number of aryl methyl sites for hydroxylation is 1. The highest BCUT2D eigenvalue weighted by molar-refractivity contribution is 9.10. The summed E-state index contributed by atoms with van der Waals surface area (Å²) in [5, 5.41) is 3.88. The van der Waals surface area contributed by atoms with Gasteiger partial charge in [0.15, 0.2) is 5.58 Å². The molecule has 0 amide bonds. The van der Waals surface area contributed by atoms with Crippen LogP contribution < -0.4 is 11.0 Å². The number of nitrogens with one attached hydrogen (secondary N) is 1. The maximum Gasteiger partial charge on any atom is 0.348 e. The number of pyridine rings is 1. The van der Waals surface area contributed by atoms with Crippen LogP contribution in [0.2, 0.25) is 0 Å². The summed E-state index contributed by atoms with van der Waals surface area (Å²) in [6, 6.07) is 9.55. The van der Waals surface area contributed by atoms with E-state index < -0.39 is 0 Å². The lowest BCUT2D eigenvalue weighted by Crippen LogP contribution is -2.25. The van der Waals surface area contributed by atoms with Gasteiger partial charge in [0.25, 0.3) is 0 Å². The molecular weight excluding hydrogens is 472 g/mol. The molecule has 7 nitrogen and oxygen atoms in total. The Bertz CT molecular complexity index is 1270. The van der Waals surface area contributed by atoms with Crippen LogP contribution in [0, 0.1) is 0 Å². The minimum absolute atomic E-state index is 0.190. The molecular formula is C24H27BrN4O3. The van der Waals surface area contributed by atoms with Crippen molar-refractivity contribution in [3.05, 3.63) is 51.5 Å². The molecule has 0 saturated carbocycles. The molecule has 3 aromatic heterocycles. The number of fused-ring (bicyclic) bond motifs is 3. The second-order valence-electron chi connectivity index (χ2n) is 7.42. The van der Waals surface area contributed by atoms with Crippen molar-refractivity contribution in [1.82, 2.24) is 14.5 Å². The third-order valence-electron chi connectivity index (χ3n) is 5.54. The topological polar surface area (TPSA) is 82.2 Å². The normalized spacial score (nSPS) is 15.7. The number of nitrogens with zero attached hydrogens (tertiary/aromatic N) is 3. The first-order valence-electron chi connectivity index (χ1n) is 11.0. The fraction of sp³-hybridized carbons (Fsp3) is 0.375. The zero-order valence-electron chi connectivity index (χ0n) is 18.5. The van der Waals surface area contributed by atoms with Crippen LogP contribution in [0.15, 0.2) is 50.2 Å². The average molecular weight is 499 g/mol. The van der Waals surface area contributed by atoms with E-state index >= 15 is 0 Å². The molecule has 1 unspecified atom stereocenters. The van der Waals surface area contributed by atoms with Crippen molar-refractivity contribution in [2.45, 2.75) is 45.8 Å². The van der Waals surface area contributed by atoms with Gasteiger partial charge in [-0.2, -0.15) is 4.98 Å². The Kier molecular flexibility index (Phi) is 6.91. The zero-order chi connectivity index (χ0) is 22.7. The molecule has 0 radical (unpaired) electrons. The van der Waals surface area contributed by atoms with Crippen molar-refractivity contribution < 1.29 is 9.15 Å². The molecule has 1 N–H and O–H groups in total. The molecule has 1 aromatic carbocycles. The highest BCUT2D eigenvalue weighted by Crippen LogP contribution is 2.35. The molecule has 32 heavy (non-hydrogen) atoms. The smallest absolute Gasteiger partial charge is 0.348 e. The number of hydrogen-bond donors (Lipinski definition) is 1. The fourth-order valence-electron chi connectivity index (χ4n) is 4.02. The molecule has 8 heteroatoms. The van der Waals surface area contributed by atoms with Crippen LogP contribution in [0.5, 0.6) is 0 Å². The molecule has 1 aliphatic heterocycles. The predicted molar refractivity (Wildman–Crippen MR) is 131 cm³/mol. The van der Waals surface area contributed by atoms with Crippen LogP contribution in [-0.4, -0.2) is 34.3 Å². The van der Waals surface area contributed by atoms with E-state index in [1.807, 2.05) is 51.2 Å². The number of aromatic nitrogens is 3. The molecule has 5 rings (SSSR count). The van der Waals surface area contributed by atoms with Crippen LogP contribution in [0.3, 0.4) is 0 Å². The number of furan rings is 1. The number of anilines is 1. The van der Waals surface area contributed by atoms with Gasteiger partial charge in [-0.05, 0) is 49.6 Å². The maximum absolute atomic E-state index is 13.1. The second-order valence-corrected chi connectivity index (χ2v) is 8.34. The average Bonchev–Trinajstić information content (AvgIpc) is 3.47. The summed E-state index contributed by atoms with van der Waals surface area (Å²) >= 11 is 3.54. The van der Waals surface area contributed by atoms with Crippen LogP contribution >= 0.6 is 15.9 Å². The first kappa shape index (κ1) is 22.5. The van der Waals surface area contributed by atoms with Gasteiger partial charge in [-0.25, -0.2) is 9.78 Å². The summed E-state index contributed by atoms with van der Waals surface area (Å²) < 4.78 is 14.6. The summed E-state index contributed by atoms with van der Waals surface area (Å²) in [5.74, 6) is 0.744. The number of rotatable bonds is 5. The third-order valence-corrected chi connectivity index (χ3v) is 6.03. The molecule has 0 spiro atoms. The monoisotopic (exact) mass is 498 g/mol. The molecule has 4 heterocycles. The fourth-order valence-corrected chi connectivity index (χ4v) is 4.38. The Balaban J connectivity index is 0.00000119. The van der Waals surface area contributed by atoms with Crippen molar-refractivity contribution in [3.8, 4) is 11.3 Å². The van der Waals surface area contributed by atoms with Gasteiger partial charge in [-0.1, -0.05) is 29.8 Å². The Morgan fingerprint density at radius 1 is 1.25 bits per heavy atom. The largest absolute Gasteiger partial charge is 0.452 e. The molecule has 1 atom stereocenters. The molecule has 4 aromatic rings. The molecule has 1 aliphatic rings. The van der Waals surface area contributed by atoms with E-state index in [0.29, 0.717) is 23.4 Å². The SMILES string of the molecule is CC.CNc1ccc(-c2nc(=O)n(CCC3CCCO3)c3c2oc2ccc(Br)cc23)cn1. The number of benzene rings is 1. The molecule has 0 bridgehead atoms. The quantitative estimate of drug-likeness (QED) is 0.385. The van der Waals surface area contributed by atoms with E-state index in [1.54, 1.807) is 10.8 Å². The van der Waals surface area contributed by atoms with Gasteiger partial charge in [-0.15, -0.1) is 0 Å². The molecule has 168 valence electrons. The van der Waals surface area contributed by atoms with Gasteiger partial charge >= 0.3 is 5.69 Å². The molecule has 1 fully saturated rings. The Hall–Kier alpha value is -2.71. The minimum Gasteiger partial charge on any atom is -0.452 e.